The molecular formula is C12H12FNO2. The quantitative estimate of drug-likeness (QED) is 0.831. The molecule has 0 aromatic heterocycles. The molecule has 1 aliphatic carbocycles. The lowest BCUT2D eigenvalue weighted by Crippen LogP contribution is -2.48. The van der Waals surface area contributed by atoms with Gasteiger partial charge in [-0.2, -0.15) is 0 Å². The Morgan fingerprint density at radius 1 is 1.38 bits per heavy atom. The summed E-state index contributed by atoms with van der Waals surface area (Å²) < 4.78 is 13.6. The second-order valence-electron chi connectivity index (χ2n) is 4.83. The Morgan fingerprint density at radius 3 is 2.56 bits per heavy atom. The van der Waals surface area contributed by atoms with Gasteiger partial charge in [0.15, 0.2) is 0 Å². The first-order valence-electron chi connectivity index (χ1n) is 5.38. The fourth-order valence-electron chi connectivity index (χ4n) is 2.32. The number of anilines is 1. The van der Waals surface area contributed by atoms with E-state index >= 15 is 0 Å². The van der Waals surface area contributed by atoms with Gasteiger partial charge in [-0.15, -0.1) is 0 Å². The summed E-state index contributed by atoms with van der Waals surface area (Å²) in [5.41, 5.74) is 1.00. The second-order valence-corrected chi connectivity index (χ2v) is 4.83. The van der Waals surface area contributed by atoms with Gasteiger partial charge < -0.3 is 10.0 Å². The largest absolute Gasteiger partial charge is 0.478 e. The van der Waals surface area contributed by atoms with Crippen LogP contribution in [-0.2, 0) is 0 Å². The summed E-state index contributed by atoms with van der Waals surface area (Å²) >= 11 is 0. The van der Waals surface area contributed by atoms with Crippen molar-refractivity contribution >= 4 is 11.7 Å². The summed E-state index contributed by atoms with van der Waals surface area (Å²) in [6.45, 7) is 1.83. The van der Waals surface area contributed by atoms with E-state index in [1.54, 1.807) is 6.07 Å². The van der Waals surface area contributed by atoms with E-state index in [2.05, 4.69) is 0 Å². The number of carbonyl (C=O) groups is 1. The minimum atomic E-state index is -1.09. The summed E-state index contributed by atoms with van der Waals surface area (Å²) in [5, 5.41) is 8.72. The Balaban J connectivity index is 1.83. The second kappa shape index (κ2) is 2.97. The molecule has 3 nitrogen and oxygen atoms in total. The molecule has 2 fully saturated rings. The maximum absolute atomic E-state index is 13.6. The van der Waals surface area contributed by atoms with E-state index in [4.69, 9.17) is 5.11 Å². The molecule has 1 spiro atoms. The molecule has 2 aliphatic rings. The molecule has 0 unspecified atom stereocenters. The lowest BCUT2D eigenvalue weighted by Gasteiger charge is -2.42. The van der Waals surface area contributed by atoms with Crippen LogP contribution in [0.25, 0.3) is 0 Å². The van der Waals surface area contributed by atoms with E-state index in [1.807, 2.05) is 4.90 Å². The van der Waals surface area contributed by atoms with Crippen LogP contribution in [0.1, 0.15) is 23.2 Å². The van der Waals surface area contributed by atoms with Crippen LogP contribution in [-0.4, -0.2) is 24.2 Å². The summed E-state index contributed by atoms with van der Waals surface area (Å²) in [6.07, 6.45) is 2.50. The maximum Gasteiger partial charge on any atom is 0.335 e. The van der Waals surface area contributed by atoms with Crippen LogP contribution in [0, 0.1) is 11.2 Å². The van der Waals surface area contributed by atoms with E-state index in [9.17, 15) is 9.18 Å². The number of rotatable bonds is 2. The van der Waals surface area contributed by atoms with Crippen LogP contribution in [0.5, 0.6) is 0 Å². The summed E-state index contributed by atoms with van der Waals surface area (Å²) in [7, 11) is 0. The average molecular weight is 221 g/mol. The predicted molar refractivity (Wildman–Crippen MR) is 57.2 cm³/mol. The molecule has 1 N–H and O–H groups in total. The van der Waals surface area contributed by atoms with Crippen molar-refractivity contribution in [1.29, 1.82) is 0 Å². The van der Waals surface area contributed by atoms with Gasteiger partial charge in [-0.25, -0.2) is 9.18 Å². The number of hydrogen-bond donors (Lipinski definition) is 1. The van der Waals surface area contributed by atoms with Gasteiger partial charge in [-0.1, -0.05) is 0 Å². The van der Waals surface area contributed by atoms with Crippen LogP contribution in [0.4, 0.5) is 10.1 Å². The molecule has 1 saturated heterocycles. The fourth-order valence-corrected chi connectivity index (χ4v) is 2.32. The SMILES string of the molecule is O=C(O)c1ccc(N2CC3(CC3)C2)c(F)c1. The Kier molecular flexibility index (Phi) is 1.79. The molecular weight excluding hydrogens is 209 g/mol. The molecule has 1 aromatic carbocycles. The van der Waals surface area contributed by atoms with E-state index in [0.717, 1.165) is 19.2 Å². The number of benzene rings is 1. The Hall–Kier alpha value is -1.58. The molecule has 0 atom stereocenters. The highest BCUT2D eigenvalue weighted by atomic mass is 19.1. The molecule has 1 aliphatic heterocycles. The van der Waals surface area contributed by atoms with E-state index < -0.39 is 11.8 Å². The van der Waals surface area contributed by atoms with Crippen molar-refractivity contribution in [2.75, 3.05) is 18.0 Å². The van der Waals surface area contributed by atoms with Gasteiger partial charge in [0.1, 0.15) is 5.82 Å². The third-order valence-electron chi connectivity index (χ3n) is 3.54. The minimum absolute atomic E-state index is 0.00269. The lowest BCUT2D eigenvalue weighted by atomic mass is 9.96. The van der Waals surface area contributed by atoms with Crippen LogP contribution < -0.4 is 4.90 Å². The van der Waals surface area contributed by atoms with Crippen LogP contribution in [0.3, 0.4) is 0 Å². The highest BCUT2D eigenvalue weighted by Crippen LogP contribution is 2.54. The molecule has 1 aromatic rings. The lowest BCUT2D eigenvalue weighted by molar-refractivity contribution is 0.0696. The zero-order chi connectivity index (χ0) is 11.3. The maximum atomic E-state index is 13.6. The summed E-state index contributed by atoms with van der Waals surface area (Å²) in [4.78, 5) is 12.6. The van der Waals surface area contributed by atoms with Crippen molar-refractivity contribution in [2.24, 2.45) is 5.41 Å². The van der Waals surface area contributed by atoms with Gasteiger partial charge in [0.25, 0.3) is 0 Å². The Bertz CT molecular complexity index is 460. The van der Waals surface area contributed by atoms with E-state index in [-0.39, 0.29) is 5.56 Å². The molecule has 1 saturated carbocycles. The minimum Gasteiger partial charge on any atom is -0.478 e. The van der Waals surface area contributed by atoms with Crippen molar-refractivity contribution in [3.8, 4) is 0 Å². The average Bonchev–Trinajstić information content (AvgIpc) is 2.95. The number of halogens is 1. The highest BCUT2D eigenvalue weighted by molar-refractivity contribution is 5.88. The molecule has 84 valence electrons. The van der Waals surface area contributed by atoms with Crippen molar-refractivity contribution in [1.82, 2.24) is 0 Å². The zero-order valence-corrected chi connectivity index (χ0v) is 8.74. The highest BCUT2D eigenvalue weighted by Gasteiger charge is 2.52. The smallest absolute Gasteiger partial charge is 0.335 e. The van der Waals surface area contributed by atoms with E-state index in [0.29, 0.717) is 11.1 Å². The molecule has 0 amide bonds. The number of nitrogens with zero attached hydrogens (tertiary/aromatic N) is 1. The predicted octanol–water partition coefficient (Wildman–Crippen LogP) is 2.12. The standard InChI is InChI=1S/C12H12FNO2/c13-9-5-8(11(15)16)1-2-10(9)14-6-12(7-14)3-4-12/h1-2,5H,3-4,6-7H2,(H,15,16). The monoisotopic (exact) mass is 221 g/mol. The summed E-state index contributed by atoms with van der Waals surface area (Å²) in [5.74, 6) is -1.52. The molecule has 0 radical (unpaired) electrons. The van der Waals surface area contributed by atoms with Crippen molar-refractivity contribution in [3.63, 3.8) is 0 Å². The Morgan fingerprint density at radius 2 is 2.06 bits per heavy atom. The molecule has 4 heteroatoms. The number of carboxylic acids is 1. The van der Waals surface area contributed by atoms with E-state index in [1.165, 1.54) is 18.9 Å². The third kappa shape index (κ3) is 1.37. The van der Waals surface area contributed by atoms with Gasteiger partial charge in [0.05, 0.1) is 11.3 Å². The first kappa shape index (κ1) is 9.63. The van der Waals surface area contributed by atoms with Gasteiger partial charge in [-0.05, 0) is 31.0 Å². The van der Waals surface area contributed by atoms with Crippen LogP contribution in [0.15, 0.2) is 18.2 Å². The van der Waals surface area contributed by atoms with Crippen molar-refractivity contribution in [2.45, 2.75) is 12.8 Å². The molecule has 16 heavy (non-hydrogen) atoms. The third-order valence-corrected chi connectivity index (χ3v) is 3.54. The first-order valence-corrected chi connectivity index (χ1v) is 5.38. The topological polar surface area (TPSA) is 40.5 Å². The van der Waals surface area contributed by atoms with Crippen LogP contribution in [0.2, 0.25) is 0 Å². The number of hydrogen-bond acceptors (Lipinski definition) is 2. The summed E-state index contributed by atoms with van der Waals surface area (Å²) in [6, 6.07) is 4.11. The van der Waals surface area contributed by atoms with Gasteiger partial charge in [0.2, 0.25) is 0 Å². The fraction of sp³-hybridized carbons (Fsp3) is 0.417. The molecule has 0 bridgehead atoms. The number of carboxylic acid groups (broad SMARTS) is 1. The normalized spacial score (nSPS) is 20.7. The van der Waals surface area contributed by atoms with Crippen LogP contribution >= 0.6 is 0 Å². The van der Waals surface area contributed by atoms with Gasteiger partial charge in [-0.3, -0.25) is 0 Å². The zero-order valence-electron chi connectivity index (χ0n) is 8.74. The van der Waals surface area contributed by atoms with Crippen molar-refractivity contribution in [3.05, 3.63) is 29.6 Å². The van der Waals surface area contributed by atoms with Gasteiger partial charge >= 0.3 is 5.97 Å². The van der Waals surface area contributed by atoms with Crippen molar-refractivity contribution < 1.29 is 14.3 Å². The Labute approximate surface area is 92.5 Å². The first-order chi connectivity index (χ1) is 7.60. The molecule has 3 rings (SSSR count). The van der Waals surface area contributed by atoms with Gasteiger partial charge in [0, 0.05) is 18.5 Å². The molecule has 1 heterocycles. The number of aromatic carboxylic acids is 1.